The van der Waals surface area contributed by atoms with E-state index in [0.717, 1.165) is 17.2 Å². The van der Waals surface area contributed by atoms with Crippen LogP contribution in [0.5, 0.6) is 0 Å². The summed E-state index contributed by atoms with van der Waals surface area (Å²) in [6.07, 6.45) is 1.07. The molecule has 0 N–H and O–H groups in total. The third-order valence-electron chi connectivity index (χ3n) is 2.53. The summed E-state index contributed by atoms with van der Waals surface area (Å²) in [6.45, 7) is 0.656. The predicted octanol–water partition coefficient (Wildman–Crippen LogP) is 2.60. The molecule has 0 amide bonds. The van der Waals surface area contributed by atoms with Gasteiger partial charge in [-0.05, 0) is 30.3 Å². The maximum absolute atomic E-state index is 11.8. The van der Waals surface area contributed by atoms with Crippen LogP contribution in [0.4, 0.5) is 0 Å². The zero-order valence-corrected chi connectivity index (χ0v) is 12.8. The number of nitrogens with zero attached hydrogens (tertiary/aromatic N) is 1. The molecule has 2 rings (SSSR count). The highest BCUT2D eigenvalue weighted by atomic mass is 35.5. The first kappa shape index (κ1) is 15.3. The van der Waals surface area contributed by atoms with Crippen LogP contribution in [-0.4, -0.2) is 37.3 Å². The summed E-state index contributed by atoms with van der Waals surface area (Å²) < 4.78 is 23.6. The highest BCUT2D eigenvalue weighted by Crippen LogP contribution is 2.14. The molecule has 1 aliphatic rings. The summed E-state index contributed by atoms with van der Waals surface area (Å²) >= 11 is 7.16. The summed E-state index contributed by atoms with van der Waals surface area (Å²) in [6, 6.07) is 6.28. The van der Waals surface area contributed by atoms with Crippen LogP contribution in [0.1, 0.15) is 10.4 Å². The van der Waals surface area contributed by atoms with Crippen molar-refractivity contribution in [1.29, 1.82) is 0 Å². The molecule has 1 heterocycles. The van der Waals surface area contributed by atoms with Crippen LogP contribution < -0.4 is 0 Å². The zero-order valence-electron chi connectivity index (χ0n) is 10.5. The van der Waals surface area contributed by atoms with Crippen LogP contribution in [0, 0.1) is 0 Å². The molecular formula is C13H12ClNO3S2. The molecule has 1 aliphatic heterocycles. The van der Waals surface area contributed by atoms with Gasteiger partial charge in [0.05, 0.1) is 5.04 Å². The Kier molecular flexibility index (Phi) is 5.01. The number of sulfone groups is 1. The van der Waals surface area contributed by atoms with Crippen molar-refractivity contribution >= 4 is 44.0 Å². The first-order chi connectivity index (χ1) is 9.46. The second kappa shape index (κ2) is 6.56. The van der Waals surface area contributed by atoms with Crippen LogP contribution >= 0.6 is 23.4 Å². The van der Waals surface area contributed by atoms with E-state index in [0.29, 0.717) is 22.2 Å². The third-order valence-corrected chi connectivity index (χ3v) is 5.18. The van der Waals surface area contributed by atoms with Gasteiger partial charge in [0.1, 0.15) is 5.75 Å². The van der Waals surface area contributed by atoms with Gasteiger partial charge in [0.2, 0.25) is 0 Å². The normalized spacial score (nSPS) is 15.6. The van der Waals surface area contributed by atoms with Gasteiger partial charge in [-0.3, -0.25) is 9.79 Å². The van der Waals surface area contributed by atoms with Crippen molar-refractivity contribution in [2.75, 3.05) is 18.1 Å². The van der Waals surface area contributed by atoms with Crippen LogP contribution in [0.15, 0.2) is 40.7 Å². The second-order valence-electron chi connectivity index (χ2n) is 4.11. The molecule has 20 heavy (non-hydrogen) atoms. The maximum atomic E-state index is 11.8. The molecule has 106 valence electrons. The van der Waals surface area contributed by atoms with Crippen LogP contribution in [0.3, 0.4) is 0 Å². The number of hydrogen-bond acceptors (Lipinski definition) is 5. The van der Waals surface area contributed by atoms with Crippen LogP contribution in [-0.2, 0) is 9.84 Å². The van der Waals surface area contributed by atoms with Crippen molar-refractivity contribution in [1.82, 2.24) is 0 Å². The summed E-state index contributed by atoms with van der Waals surface area (Å²) in [4.78, 5) is 15.9. The van der Waals surface area contributed by atoms with Gasteiger partial charge in [-0.15, -0.1) is 11.8 Å². The topological polar surface area (TPSA) is 63.6 Å². The van der Waals surface area contributed by atoms with Gasteiger partial charge in [0.15, 0.2) is 15.6 Å². The van der Waals surface area contributed by atoms with E-state index in [-0.39, 0.29) is 11.5 Å². The number of ketones is 1. The minimum atomic E-state index is -3.46. The van der Waals surface area contributed by atoms with Crippen molar-refractivity contribution in [2.45, 2.75) is 0 Å². The number of carbonyl (C=O) groups excluding carboxylic acids is 1. The number of thioether (sulfide) groups is 1. The van der Waals surface area contributed by atoms with E-state index in [1.165, 1.54) is 11.8 Å². The fourth-order valence-corrected chi connectivity index (χ4v) is 3.98. The molecule has 0 saturated carbocycles. The number of aliphatic imine (C=N–C) groups is 1. The number of benzene rings is 1. The van der Waals surface area contributed by atoms with Crippen molar-refractivity contribution in [3.05, 3.63) is 46.3 Å². The Hall–Kier alpha value is -1.11. The van der Waals surface area contributed by atoms with Crippen LogP contribution in [0.25, 0.3) is 0 Å². The molecule has 0 saturated heterocycles. The smallest absolute Gasteiger partial charge is 0.186 e. The summed E-state index contributed by atoms with van der Waals surface area (Å²) in [5, 5.41) is 2.08. The second-order valence-corrected chi connectivity index (χ2v) is 7.60. The van der Waals surface area contributed by atoms with E-state index in [4.69, 9.17) is 11.6 Å². The molecular weight excluding hydrogens is 318 g/mol. The maximum Gasteiger partial charge on any atom is 0.186 e. The van der Waals surface area contributed by atoms with E-state index < -0.39 is 9.84 Å². The minimum Gasteiger partial charge on any atom is -0.289 e. The molecule has 1 aromatic carbocycles. The van der Waals surface area contributed by atoms with Gasteiger partial charge >= 0.3 is 0 Å². The van der Waals surface area contributed by atoms with E-state index in [9.17, 15) is 13.2 Å². The number of hydrogen-bond donors (Lipinski definition) is 0. The molecule has 0 unspecified atom stereocenters. The fourth-order valence-electron chi connectivity index (χ4n) is 1.56. The van der Waals surface area contributed by atoms with E-state index in [1.807, 2.05) is 0 Å². The highest BCUT2D eigenvalue weighted by Gasteiger charge is 2.15. The molecule has 7 heteroatoms. The summed E-state index contributed by atoms with van der Waals surface area (Å²) in [7, 11) is -3.46. The number of carbonyl (C=O) groups is 1. The molecule has 0 fully saturated rings. The Morgan fingerprint density at radius 1 is 1.35 bits per heavy atom. The van der Waals surface area contributed by atoms with Crippen molar-refractivity contribution < 1.29 is 13.2 Å². The zero-order chi connectivity index (χ0) is 14.6. The van der Waals surface area contributed by atoms with Crippen molar-refractivity contribution in [3.63, 3.8) is 0 Å². The highest BCUT2D eigenvalue weighted by molar-refractivity contribution is 8.15. The molecule has 0 radical (unpaired) electrons. The monoisotopic (exact) mass is 329 g/mol. The van der Waals surface area contributed by atoms with Gasteiger partial charge < -0.3 is 0 Å². The van der Waals surface area contributed by atoms with Gasteiger partial charge in [0.25, 0.3) is 0 Å². The lowest BCUT2D eigenvalue weighted by molar-refractivity contribution is 0.104. The Bertz CT molecular complexity index is 663. The van der Waals surface area contributed by atoms with Crippen molar-refractivity contribution in [3.8, 4) is 0 Å². The number of halogens is 1. The quantitative estimate of drug-likeness (QED) is 0.615. The Morgan fingerprint density at radius 3 is 2.65 bits per heavy atom. The Morgan fingerprint density at radius 2 is 2.05 bits per heavy atom. The van der Waals surface area contributed by atoms with E-state index in [2.05, 4.69) is 4.99 Å². The van der Waals surface area contributed by atoms with Gasteiger partial charge in [-0.25, -0.2) is 8.42 Å². The first-order valence-electron chi connectivity index (χ1n) is 5.83. The van der Waals surface area contributed by atoms with Gasteiger partial charge in [0, 0.05) is 28.3 Å². The lowest BCUT2D eigenvalue weighted by Crippen LogP contribution is -2.10. The summed E-state index contributed by atoms with van der Waals surface area (Å²) in [5.74, 6) is 0.312. The number of allylic oxidation sites excluding steroid dienone is 1. The predicted molar refractivity (Wildman–Crippen MR) is 83.5 cm³/mol. The third kappa shape index (κ3) is 4.47. The SMILES string of the molecule is O=C(/C=C/S(=O)(=O)CC1=NCCS1)c1ccc(Cl)cc1. The molecule has 0 bridgehead atoms. The standard InChI is InChI=1S/C13H12ClNO3S2/c14-11-3-1-10(2-4-11)12(16)5-8-20(17,18)9-13-15-6-7-19-13/h1-5,8H,6-7,9H2/b8-5+. The van der Waals surface area contributed by atoms with Gasteiger partial charge in [-0.2, -0.15) is 0 Å². The van der Waals surface area contributed by atoms with E-state index in [1.54, 1.807) is 24.3 Å². The molecule has 0 aromatic heterocycles. The molecule has 0 spiro atoms. The van der Waals surface area contributed by atoms with Crippen LogP contribution in [0.2, 0.25) is 5.02 Å². The summed E-state index contributed by atoms with van der Waals surface area (Å²) in [5.41, 5.74) is 0.397. The number of rotatable bonds is 5. The lowest BCUT2D eigenvalue weighted by atomic mass is 10.1. The Balaban J connectivity index is 2.04. The minimum absolute atomic E-state index is 0.137. The van der Waals surface area contributed by atoms with Gasteiger partial charge in [-0.1, -0.05) is 11.6 Å². The Labute approximate surface area is 126 Å². The molecule has 4 nitrogen and oxygen atoms in total. The lowest BCUT2D eigenvalue weighted by Gasteiger charge is -1.98. The largest absolute Gasteiger partial charge is 0.289 e. The average Bonchev–Trinajstić information content (AvgIpc) is 2.89. The fraction of sp³-hybridized carbons (Fsp3) is 0.231. The molecule has 0 aliphatic carbocycles. The molecule has 0 atom stereocenters. The average molecular weight is 330 g/mol. The molecule has 1 aromatic rings. The van der Waals surface area contributed by atoms with Crippen molar-refractivity contribution in [2.24, 2.45) is 4.99 Å². The van der Waals surface area contributed by atoms with E-state index >= 15 is 0 Å². The first-order valence-corrected chi connectivity index (χ1v) is 8.91.